The van der Waals surface area contributed by atoms with Gasteiger partial charge in [-0.3, -0.25) is 0 Å². The highest BCUT2D eigenvalue weighted by atomic mass is 79.9. The van der Waals surface area contributed by atoms with Crippen molar-refractivity contribution in [2.45, 2.75) is 0 Å². The van der Waals surface area contributed by atoms with Gasteiger partial charge in [0.05, 0.1) is 5.52 Å². The molecule has 0 bridgehead atoms. The summed E-state index contributed by atoms with van der Waals surface area (Å²) in [6.45, 7) is 0. The van der Waals surface area contributed by atoms with Crippen LogP contribution in [0.1, 0.15) is 0 Å². The summed E-state index contributed by atoms with van der Waals surface area (Å²) in [6.07, 6.45) is 0. The molecule has 18 heavy (non-hydrogen) atoms. The number of para-hydroxylation sites is 1. The number of halogens is 1. The molecule has 0 atom stereocenters. The molecule has 0 aliphatic rings. The van der Waals surface area contributed by atoms with Crippen molar-refractivity contribution in [1.82, 2.24) is 4.98 Å². The topological polar surface area (TPSA) is 22.1 Å². The van der Waals surface area contributed by atoms with E-state index in [-0.39, 0.29) is 0 Å². The van der Waals surface area contributed by atoms with E-state index in [0.717, 1.165) is 21.1 Å². The number of fused-ring (bicyclic) bond motifs is 1. The average Bonchev–Trinajstić information content (AvgIpc) is 2.39. The maximum atomic E-state index is 5.70. The minimum absolute atomic E-state index is 0.604. The molecular formula is C15H10BrNO. The highest BCUT2D eigenvalue weighted by Gasteiger charge is 2.01. The van der Waals surface area contributed by atoms with Gasteiger partial charge in [-0.15, -0.1) is 0 Å². The number of aromatic nitrogens is 1. The summed E-state index contributed by atoms with van der Waals surface area (Å²) in [7, 11) is 0. The summed E-state index contributed by atoms with van der Waals surface area (Å²) in [6, 6.07) is 19.5. The van der Waals surface area contributed by atoms with Crippen molar-refractivity contribution in [3.8, 4) is 11.6 Å². The standard InChI is InChI=1S/C15H10BrNO/c16-12-8-6-11-7-9-15(17-14(11)10-12)18-13-4-2-1-3-5-13/h1-10H. The molecule has 0 saturated carbocycles. The second-order valence-electron chi connectivity index (χ2n) is 3.90. The maximum Gasteiger partial charge on any atom is 0.219 e. The van der Waals surface area contributed by atoms with Gasteiger partial charge in [-0.05, 0) is 30.3 Å². The first-order valence-electron chi connectivity index (χ1n) is 5.60. The Morgan fingerprint density at radius 3 is 2.50 bits per heavy atom. The molecule has 1 aromatic heterocycles. The second-order valence-corrected chi connectivity index (χ2v) is 4.82. The molecule has 3 aromatic rings. The normalized spacial score (nSPS) is 10.5. The van der Waals surface area contributed by atoms with E-state index in [9.17, 15) is 0 Å². The first-order chi connectivity index (χ1) is 8.81. The van der Waals surface area contributed by atoms with Crippen LogP contribution in [0.3, 0.4) is 0 Å². The highest BCUT2D eigenvalue weighted by molar-refractivity contribution is 9.10. The van der Waals surface area contributed by atoms with Gasteiger partial charge in [-0.2, -0.15) is 0 Å². The van der Waals surface area contributed by atoms with Crippen LogP contribution in [-0.2, 0) is 0 Å². The summed E-state index contributed by atoms with van der Waals surface area (Å²) in [4.78, 5) is 4.48. The molecule has 3 heteroatoms. The third kappa shape index (κ3) is 2.36. The number of ether oxygens (including phenoxy) is 1. The Bertz CT molecular complexity index is 682. The number of rotatable bonds is 2. The van der Waals surface area contributed by atoms with Crippen LogP contribution in [0, 0.1) is 0 Å². The van der Waals surface area contributed by atoms with E-state index in [1.165, 1.54) is 0 Å². The average molecular weight is 300 g/mol. The maximum absolute atomic E-state index is 5.70. The molecule has 0 amide bonds. The Balaban J connectivity index is 1.98. The van der Waals surface area contributed by atoms with Gasteiger partial charge in [0.15, 0.2) is 0 Å². The predicted octanol–water partition coefficient (Wildman–Crippen LogP) is 4.79. The van der Waals surface area contributed by atoms with Crippen LogP contribution in [0.25, 0.3) is 10.9 Å². The van der Waals surface area contributed by atoms with E-state index in [1.807, 2.05) is 60.7 Å². The lowest BCUT2D eigenvalue weighted by atomic mass is 10.2. The van der Waals surface area contributed by atoms with Crippen LogP contribution in [-0.4, -0.2) is 4.98 Å². The molecule has 0 radical (unpaired) electrons. The monoisotopic (exact) mass is 299 g/mol. The lowest BCUT2D eigenvalue weighted by molar-refractivity contribution is 0.465. The molecule has 3 rings (SSSR count). The molecule has 88 valence electrons. The molecule has 0 unspecified atom stereocenters. The Hall–Kier alpha value is -1.87. The first-order valence-corrected chi connectivity index (χ1v) is 6.40. The van der Waals surface area contributed by atoms with E-state index in [1.54, 1.807) is 0 Å². The van der Waals surface area contributed by atoms with Crippen LogP contribution >= 0.6 is 15.9 Å². The zero-order chi connectivity index (χ0) is 12.4. The van der Waals surface area contributed by atoms with Gasteiger partial charge in [0.2, 0.25) is 5.88 Å². The van der Waals surface area contributed by atoms with Gasteiger partial charge < -0.3 is 4.74 Å². The Labute approximate surface area is 113 Å². The van der Waals surface area contributed by atoms with E-state index < -0.39 is 0 Å². The summed E-state index contributed by atoms with van der Waals surface area (Å²) in [5.41, 5.74) is 0.915. The van der Waals surface area contributed by atoms with Crippen molar-refractivity contribution in [3.63, 3.8) is 0 Å². The van der Waals surface area contributed by atoms with E-state index in [0.29, 0.717) is 5.88 Å². The summed E-state index contributed by atoms with van der Waals surface area (Å²) in [5.74, 6) is 1.39. The molecule has 0 aliphatic carbocycles. The van der Waals surface area contributed by atoms with Gasteiger partial charge in [-0.1, -0.05) is 40.2 Å². The molecule has 0 aliphatic heterocycles. The van der Waals surface area contributed by atoms with Crippen molar-refractivity contribution in [1.29, 1.82) is 0 Å². The van der Waals surface area contributed by atoms with E-state index in [2.05, 4.69) is 20.9 Å². The number of nitrogens with zero attached hydrogens (tertiary/aromatic N) is 1. The summed E-state index contributed by atoms with van der Waals surface area (Å²) in [5, 5.41) is 1.10. The van der Waals surface area contributed by atoms with Gasteiger partial charge in [0.25, 0.3) is 0 Å². The second kappa shape index (κ2) is 4.78. The van der Waals surface area contributed by atoms with Gasteiger partial charge in [0.1, 0.15) is 5.75 Å². The third-order valence-corrected chi connectivity index (χ3v) is 3.09. The first kappa shape index (κ1) is 11.2. The minimum Gasteiger partial charge on any atom is -0.439 e. The minimum atomic E-state index is 0.604. The Morgan fingerprint density at radius 1 is 0.889 bits per heavy atom. The Morgan fingerprint density at radius 2 is 1.67 bits per heavy atom. The third-order valence-electron chi connectivity index (χ3n) is 2.59. The van der Waals surface area contributed by atoms with E-state index in [4.69, 9.17) is 4.74 Å². The summed E-state index contributed by atoms with van der Waals surface area (Å²) >= 11 is 3.44. The largest absolute Gasteiger partial charge is 0.439 e. The van der Waals surface area contributed by atoms with E-state index >= 15 is 0 Å². The zero-order valence-electron chi connectivity index (χ0n) is 9.51. The fourth-order valence-corrected chi connectivity index (χ4v) is 2.09. The smallest absolute Gasteiger partial charge is 0.219 e. The molecular weight excluding hydrogens is 290 g/mol. The Kier molecular flexibility index (Phi) is 2.99. The van der Waals surface area contributed by atoms with Crippen molar-refractivity contribution in [2.75, 3.05) is 0 Å². The van der Waals surface area contributed by atoms with Crippen molar-refractivity contribution >= 4 is 26.8 Å². The molecule has 2 nitrogen and oxygen atoms in total. The number of hydrogen-bond donors (Lipinski definition) is 0. The number of hydrogen-bond acceptors (Lipinski definition) is 2. The lowest BCUT2D eigenvalue weighted by Crippen LogP contribution is -1.88. The zero-order valence-corrected chi connectivity index (χ0v) is 11.1. The SMILES string of the molecule is Brc1ccc2ccc(Oc3ccccc3)nc2c1. The molecule has 0 saturated heterocycles. The predicted molar refractivity (Wildman–Crippen MR) is 76.0 cm³/mol. The van der Waals surface area contributed by atoms with Crippen molar-refractivity contribution < 1.29 is 4.74 Å². The van der Waals surface area contributed by atoms with Gasteiger partial charge in [-0.25, -0.2) is 4.98 Å². The van der Waals surface area contributed by atoms with Crippen LogP contribution in [0.4, 0.5) is 0 Å². The van der Waals surface area contributed by atoms with Crippen LogP contribution in [0.2, 0.25) is 0 Å². The molecule has 0 N–H and O–H groups in total. The quantitative estimate of drug-likeness (QED) is 0.679. The lowest BCUT2D eigenvalue weighted by Gasteiger charge is -2.05. The fourth-order valence-electron chi connectivity index (χ4n) is 1.74. The fraction of sp³-hybridized carbons (Fsp3) is 0. The van der Waals surface area contributed by atoms with Crippen LogP contribution in [0.5, 0.6) is 11.6 Å². The number of pyridine rings is 1. The number of benzene rings is 2. The van der Waals surface area contributed by atoms with Gasteiger partial charge in [0, 0.05) is 15.9 Å². The van der Waals surface area contributed by atoms with Crippen molar-refractivity contribution in [3.05, 3.63) is 65.1 Å². The van der Waals surface area contributed by atoms with Gasteiger partial charge >= 0.3 is 0 Å². The molecule has 1 heterocycles. The molecule has 0 fully saturated rings. The van der Waals surface area contributed by atoms with Crippen LogP contribution in [0.15, 0.2) is 65.1 Å². The molecule has 0 spiro atoms. The molecule has 2 aromatic carbocycles. The highest BCUT2D eigenvalue weighted by Crippen LogP contribution is 2.24. The van der Waals surface area contributed by atoms with Crippen molar-refractivity contribution in [2.24, 2.45) is 0 Å². The summed E-state index contributed by atoms with van der Waals surface area (Å²) < 4.78 is 6.71. The van der Waals surface area contributed by atoms with Crippen LogP contribution < -0.4 is 4.74 Å².